The lowest BCUT2D eigenvalue weighted by molar-refractivity contribution is 0.650. The van der Waals surface area contributed by atoms with Crippen molar-refractivity contribution in [3.8, 4) is 22.3 Å². The van der Waals surface area contributed by atoms with Crippen molar-refractivity contribution in [3.63, 3.8) is 0 Å². The Morgan fingerprint density at radius 2 is 1.28 bits per heavy atom. The first-order chi connectivity index (χ1) is 17.3. The largest absolute Gasteiger partial charge is 0.0749 e. The van der Waals surface area contributed by atoms with Crippen LogP contribution in [0.4, 0.5) is 0 Å². The summed E-state index contributed by atoms with van der Waals surface area (Å²) in [5, 5.41) is 2.69. The maximum absolute atomic E-state index is 3.73. The minimum atomic E-state index is -0.0778. The molecule has 0 atom stereocenters. The minimum Gasteiger partial charge on any atom is -0.0749 e. The number of allylic oxidation sites excluding steroid dienone is 6. The Morgan fingerprint density at radius 3 is 2.06 bits per heavy atom. The van der Waals surface area contributed by atoms with Gasteiger partial charge in [0.05, 0.1) is 0 Å². The standard InChI is InChI=1S/C35H29Br/c1-34(2)29-17-15-22(36)14-16-24(29)27-19-31-28(20-30(27)34)33-25-13-9-8-12-23(25)26(18-32(33)35(31,3)4)21-10-6-5-7-11-21/h5-14,16-20H,15H2,1-4H3. The molecule has 7 rings (SSSR count). The number of hydrogen-bond acceptors (Lipinski definition) is 0. The molecule has 0 bridgehead atoms. The van der Waals surface area contributed by atoms with Crippen molar-refractivity contribution in [1.82, 2.24) is 0 Å². The van der Waals surface area contributed by atoms with E-state index in [9.17, 15) is 0 Å². The Bertz CT molecular complexity index is 1690. The van der Waals surface area contributed by atoms with E-state index in [2.05, 4.69) is 135 Å². The van der Waals surface area contributed by atoms with Crippen LogP contribution < -0.4 is 0 Å². The second kappa shape index (κ2) is 7.43. The molecular weight excluding hydrogens is 500 g/mol. The van der Waals surface area contributed by atoms with Gasteiger partial charge in [0.25, 0.3) is 0 Å². The molecule has 0 heterocycles. The van der Waals surface area contributed by atoms with Crippen LogP contribution in [0.1, 0.15) is 56.4 Å². The van der Waals surface area contributed by atoms with Crippen LogP contribution in [0.2, 0.25) is 0 Å². The van der Waals surface area contributed by atoms with Gasteiger partial charge in [-0.2, -0.15) is 0 Å². The molecule has 0 amide bonds. The van der Waals surface area contributed by atoms with Crippen molar-refractivity contribution >= 4 is 32.3 Å². The van der Waals surface area contributed by atoms with Crippen molar-refractivity contribution in [2.24, 2.45) is 0 Å². The van der Waals surface area contributed by atoms with Crippen molar-refractivity contribution in [2.45, 2.75) is 44.9 Å². The molecule has 0 saturated heterocycles. The first-order valence-corrected chi connectivity index (χ1v) is 13.7. The fraction of sp³-hybridized carbons (Fsp3) is 0.200. The van der Waals surface area contributed by atoms with Crippen LogP contribution in [0, 0.1) is 0 Å². The van der Waals surface area contributed by atoms with Crippen LogP contribution in [-0.4, -0.2) is 0 Å². The average molecular weight is 530 g/mol. The molecule has 1 heteroatoms. The molecule has 176 valence electrons. The molecule has 0 N–H and O–H groups in total. The van der Waals surface area contributed by atoms with E-state index < -0.39 is 0 Å². The second-order valence-electron chi connectivity index (χ2n) is 11.5. The van der Waals surface area contributed by atoms with Gasteiger partial charge in [-0.1, -0.05) is 116 Å². The zero-order valence-corrected chi connectivity index (χ0v) is 22.8. The lowest BCUT2D eigenvalue weighted by Crippen LogP contribution is -2.17. The molecule has 0 fully saturated rings. The van der Waals surface area contributed by atoms with E-state index in [4.69, 9.17) is 0 Å². The van der Waals surface area contributed by atoms with E-state index >= 15 is 0 Å². The molecule has 36 heavy (non-hydrogen) atoms. The van der Waals surface area contributed by atoms with E-state index in [1.54, 1.807) is 0 Å². The van der Waals surface area contributed by atoms with Gasteiger partial charge < -0.3 is 0 Å². The van der Waals surface area contributed by atoms with E-state index in [-0.39, 0.29) is 10.8 Å². The van der Waals surface area contributed by atoms with Gasteiger partial charge in [0, 0.05) is 10.8 Å². The summed E-state index contributed by atoms with van der Waals surface area (Å²) in [5.41, 5.74) is 13.9. The van der Waals surface area contributed by atoms with Gasteiger partial charge in [0.15, 0.2) is 0 Å². The van der Waals surface area contributed by atoms with Crippen LogP contribution in [-0.2, 0) is 10.8 Å². The van der Waals surface area contributed by atoms with Crippen molar-refractivity contribution in [3.05, 3.63) is 123 Å². The minimum absolute atomic E-state index is 0.0195. The van der Waals surface area contributed by atoms with Gasteiger partial charge >= 0.3 is 0 Å². The summed E-state index contributed by atoms with van der Waals surface area (Å²) in [5.74, 6) is 0. The molecule has 0 unspecified atom stereocenters. The highest BCUT2D eigenvalue weighted by Crippen LogP contribution is 2.58. The summed E-state index contributed by atoms with van der Waals surface area (Å²) in [7, 11) is 0. The Kier molecular flexibility index (Phi) is 4.56. The molecule has 0 nitrogen and oxygen atoms in total. The Morgan fingerprint density at radius 1 is 0.639 bits per heavy atom. The molecule has 4 aromatic carbocycles. The number of benzene rings is 4. The molecular formula is C35H29Br. The number of fused-ring (bicyclic) bond motifs is 8. The van der Waals surface area contributed by atoms with Gasteiger partial charge in [-0.05, 0) is 95.5 Å². The topological polar surface area (TPSA) is 0 Å². The maximum atomic E-state index is 3.73. The van der Waals surface area contributed by atoms with E-state index in [0.717, 1.165) is 6.42 Å². The highest BCUT2D eigenvalue weighted by atomic mass is 79.9. The summed E-state index contributed by atoms with van der Waals surface area (Å²) in [6.45, 7) is 9.59. The predicted molar refractivity (Wildman–Crippen MR) is 158 cm³/mol. The molecule has 3 aliphatic rings. The van der Waals surface area contributed by atoms with Crippen LogP contribution in [0.5, 0.6) is 0 Å². The van der Waals surface area contributed by atoms with Crippen molar-refractivity contribution < 1.29 is 0 Å². The Balaban J connectivity index is 1.55. The third-order valence-electron chi connectivity index (χ3n) is 8.76. The molecule has 0 spiro atoms. The summed E-state index contributed by atoms with van der Waals surface area (Å²) >= 11 is 3.73. The third kappa shape index (κ3) is 2.87. The number of rotatable bonds is 1. The van der Waals surface area contributed by atoms with Crippen LogP contribution in [0.25, 0.3) is 38.6 Å². The Labute approximate surface area is 222 Å². The summed E-state index contributed by atoms with van der Waals surface area (Å²) in [6, 6.07) is 27.3. The summed E-state index contributed by atoms with van der Waals surface area (Å²) in [6.07, 6.45) is 7.93. The van der Waals surface area contributed by atoms with Crippen LogP contribution in [0.15, 0.2) is 101 Å². The van der Waals surface area contributed by atoms with Gasteiger partial charge in [0.2, 0.25) is 0 Å². The van der Waals surface area contributed by atoms with Gasteiger partial charge in [0.1, 0.15) is 0 Å². The summed E-state index contributed by atoms with van der Waals surface area (Å²) in [4.78, 5) is 0. The summed E-state index contributed by atoms with van der Waals surface area (Å²) < 4.78 is 1.24. The highest BCUT2D eigenvalue weighted by molar-refractivity contribution is 9.11. The lowest BCUT2D eigenvalue weighted by Gasteiger charge is -2.24. The SMILES string of the molecule is CC1(C)C2=CCC(Br)=CC=C2c2cc3c(cc21)-c1c(cc(-c2ccccc2)c2ccccc12)C3(C)C. The Hall–Kier alpha value is -3.16. The van der Waals surface area contributed by atoms with Crippen LogP contribution >= 0.6 is 15.9 Å². The first-order valence-electron chi connectivity index (χ1n) is 12.9. The monoisotopic (exact) mass is 528 g/mol. The number of halogens is 1. The lowest BCUT2D eigenvalue weighted by atomic mass is 9.79. The van der Waals surface area contributed by atoms with Crippen molar-refractivity contribution in [1.29, 1.82) is 0 Å². The zero-order chi connectivity index (χ0) is 24.8. The van der Waals surface area contributed by atoms with E-state index in [1.807, 2.05) is 0 Å². The average Bonchev–Trinajstić information content (AvgIpc) is 3.10. The molecule has 3 aliphatic carbocycles. The van der Waals surface area contributed by atoms with Crippen molar-refractivity contribution in [2.75, 3.05) is 0 Å². The molecule has 0 saturated carbocycles. The van der Waals surface area contributed by atoms with Gasteiger partial charge in [-0.3, -0.25) is 0 Å². The smallest absolute Gasteiger partial charge is 0.0159 e. The molecule has 0 radical (unpaired) electrons. The molecule has 0 aliphatic heterocycles. The normalized spacial score (nSPS) is 18.4. The van der Waals surface area contributed by atoms with E-state index in [0.29, 0.717) is 0 Å². The highest BCUT2D eigenvalue weighted by Gasteiger charge is 2.43. The first kappa shape index (κ1) is 22.1. The third-order valence-corrected chi connectivity index (χ3v) is 9.35. The van der Waals surface area contributed by atoms with E-state index in [1.165, 1.54) is 70.9 Å². The second-order valence-corrected chi connectivity index (χ2v) is 12.5. The zero-order valence-electron chi connectivity index (χ0n) is 21.2. The predicted octanol–water partition coefficient (Wildman–Crippen LogP) is 10.1. The quantitative estimate of drug-likeness (QED) is 0.230. The fourth-order valence-corrected chi connectivity index (χ4v) is 7.13. The van der Waals surface area contributed by atoms with Gasteiger partial charge in [-0.15, -0.1) is 0 Å². The maximum Gasteiger partial charge on any atom is 0.0159 e. The van der Waals surface area contributed by atoms with Crippen LogP contribution in [0.3, 0.4) is 0 Å². The fourth-order valence-electron chi connectivity index (χ4n) is 6.84. The molecule has 0 aromatic heterocycles. The van der Waals surface area contributed by atoms with Gasteiger partial charge in [-0.25, -0.2) is 0 Å². The molecule has 4 aromatic rings. The number of hydrogen-bond donors (Lipinski definition) is 0.